The molecule has 6 nitrogen and oxygen atoms in total. The van der Waals surface area contributed by atoms with E-state index in [0.29, 0.717) is 12.1 Å². The van der Waals surface area contributed by atoms with Crippen molar-refractivity contribution >= 4 is 11.9 Å². The van der Waals surface area contributed by atoms with Crippen LogP contribution in [0.25, 0.3) is 0 Å². The quantitative estimate of drug-likeness (QED) is 0.903. The van der Waals surface area contributed by atoms with Gasteiger partial charge >= 0.3 is 0 Å². The lowest BCUT2D eigenvalue weighted by atomic mass is 10.0. The number of nitrogens with two attached hydrogens (primary N) is 1. The Morgan fingerprint density at radius 2 is 1.91 bits per heavy atom. The molecule has 0 fully saturated rings. The molecule has 0 saturated heterocycles. The first-order chi connectivity index (χ1) is 10.9. The lowest BCUT2D eigenvalue weighted by molar-refractivity contribution is -0.135. The van der Waals surface area contributed by atoms with Crippen LogP contribution in [0.1, 0.15) is 17.2 Å². The fraction of sp³-hybridized carbons (Fsp3) is 0.312. The number of aromatic nitrogens is 2. The number of nitrogen functional groups attached to an aromatic ring is 1. The largest absolute Gasteiger partial charge is 0.368 e. The molecule has 1 amide bonds. The minimum atomic E-state index is -0.564. The summed E-state index contributed by atoms with van der Waals surface area (Å²) >= 11 is 0. The highest BCUT2D eigenvalue weighted by molar-refractivity contribution is 5.83. The highest BCUT2D eigenvalue weighted by Gasteiger charge is 2.26. The lowest BCUT2D eigenvalue weighted by Gasteiger charge is -2.28. The zero-order chi connectivity index (χ0) is 17.0. The highest BCUT2D eigenvalue weighted by Crippen LogP contribution is 2.22. The first-order valence-corrected chi connectivity index (χ1v) is 7.11. The van der Waals surface area contributed by atoms with E-state index in [1.807, 2.05) is 0 Å². The number of benzene rings is 1. The molecule has 0 saturated carbocycles. The fourth-order valence-corrected chi connectivity index (χ4v) is 2.35. The minimum Gasteiger partial charge on any atom is -0.368 e. The van der Waals surface area contributed by atoms with Crippen molar-refractivity contribution in [3.05, 3.63) is 53.6 Å². The van der Waals surface area contributed by atoms with E-state index >= 15 is 0 Å². The van der Waals surface area contributed by atoms with Crippen molar-refractivity contribution in [2.45, 2.75) is 12.6 Å². The van der Waals surface area contributed by atoms with Gasteiger partial charge < -0.3 is 10.6 Å². The molecule has 0 aliphatic rings. The van der Waals surface area contributed by atoms with Crippen LogP contribution in [-0.4, -0.2) is 46.8 Å². The summed E-state index contributed by atoms with van der Waals surface area (Å²) in [7, 11) is 5.26. The Hall–Kier alpha value is -2.54. The summed E-state index contributed by atoms with van der Waals surface area (Å²) in [6.07, 6.45) is 3.16. The summed E-state index contributed by atoms with van der Waals surface area (Å²) in [6, 6.07) is 5.51. The third-order valence-corrected chi connectivity index (χ3v) is 3.44. The maximum absolute atomic E-state index is 13.5. The lowest BCUT2D eigenvalue weighted by Crippen LogP contribution is -2.38. The van der Waals surface area contributed by atoms with E-state index in [0.717, 1.165) is 5.56 Å². The van der Waals surface area contributed by atoms with Crippen LogP contribution in [-0.2, 0) is 11.3 Å². The average molecular weight is 317 g/mol. The molecule has 0 aliphatic carbocycles. The molecule has 122 valence electrons. The SMILES string of the molecule is CN(Cc1cnc(N)nc1)C(=O)[C@@H](c1cccc(F)c1)N(C)C. The summed E-state index contributed by atoms with van der Waals surface area (Å²) in [5.74, 6) is -0.317. The second kappa shape index (κ2) is 7.15. The highest BCUT2D eigenvalue weighted by atomic mass is 19.1. The predicted octanol–water partition coefficient (Wildman–Crippen LogP) is 1.46. The van der Waals surface area contributed by atoms with Crippen molar-refractivity contribution in [3.63, 3.8) is 0 Å². The zero-order valence-electron chi connectivity index (χ0n) is 13.4. The van der Waals surface area contributed by atoms with Gasteiger partial charge in [-0.1, -0.05) is 12.1 Å². The number of likely N-dealkylation sites (N-methyl/N-ethyl adjacent to an activating group) is 2. The molecule has 0 spiro atoms. The van der Waals surface area contributed by atoms with Crippen LogP contribution in [0.4, 0.5) is 10.3 Å². The van der Waals surface area contributed by atoms with Crippen LogP contribution in [0.5, 0.6) is 0 Å². The number of anilines is 1. The molecule has 7 heteroatoms. The number of nitrogens with zero attached hydrogens (tertiary/aromatic N) is 4. The number of hydrogen-bond donors (Lipinski definition) is 1. The van der Waals surface area contributed by atoms with Gasteiger partial charge in [0.1, 0.15) is 11.9 Å². The van der Waals surface area contributed by atoms with Gasteiger partial charge in [-0.05, 0) is 31.8 Å². The molecule has 1 heterocycles. The van der Waals surface area contributed by atoms with Crippen LogP contribution in [0.3, 0.4) is 0 Å². The summed E-state index contributed by atoms with van der Waals surface area (Å²) in [4.78, 5) is 23.9. The van der Waals surface area contributed by atoms with E-state index in [1.165, 1.54) is 12.1 Å². The van der Waals surface area contributed by atoms with Gasteiger partial charge in [0.2, 0.25) is 11.9 Å². The van der Waals surface area contributed by atoms with Gasteiger partial charge in [-0.3, -0.25) is 9.69 Å². The van der Waals surface area contributed by atoms with Gasteiger partial charge in [-0.2, -0.15) is 0 Å². The number of halogens is 1. The van der Waals surface area contributed by atoms with Crippen LogP contribution in [0.15, 0.2) is 36.7 Å². The Morgan fingerprint density at radius 3 is 2.48 bits per heavy atom. The molecule has 1 aromatic heterocycles. The van der Waals surface area contributed by atoms with E-state index in [-0.39, 0.29) is 17.7 Å². The smallest absolute Gasteiger partial charge is 0.244 e. The topological polar surface area (TPSA) is 75.4 Å². The molecule has 1 aromatic carbocycles. The molecule has 0 radical (unpaired) electrons. The normalized spacial score (nSPS) is 12.2. The van der Waals surface area contributed by atoms with Gasteiger partial charge in [-0.15, -0.1) is 0 Å². The Labute approximate surface area is 134 Å². The Bertz CT molecular complexity index is 674. The van der Waals surface area contributed by atoms with Crippen molar-refractivity contribution in [3.8, 4) is 0 Å². The maximum Gasteiger partial charge on any atom is 0.244 e. The third-order valence-electron chi connectivity index (χ3n) is 3.44. The molecule has 2 aromatic rings. The summed E-state index contributed by atoms with van der Waals surface area (Å²) in [5.41, 5.74) is 6.83. The molecule has 2 N–H and O–H groups in total. The first kappa shape index (κ1) is 16.8. The molecular weight excluding hydrogens is 297 g/mol. The van der Waals surface area contributed by atoms with Crippen molar-refractivity contribution in [1.29, 1.82) is 0 Å². The third kappa shape index (κ3) is 4.23. The Balaban J connectivity index is 2.18. The van der Waals surface area contributed by atoms with E-state index in [1.54, 1.807) is 55.5 Å². The van der Waals surface area contributed by atoms with Gasteiger partial charge in [0.25, 0.3) is 0 Å². The number of carbonyl (C=O) groups excluding carboxylic acids is 1. The number of rotatable bonds is 5. The van der Waals surface area contributed by atoms with E-state index in [2.05, 4.69) is 9.97 Å². The van der Waals surface area contributed by atoms with Crippen molar-refractivity contribution in [1.82, 2.24) is 19.8 Å². The fourth-order valence-electron chi connectivity index (χ4n) is 2.35. The molecule has 2 rings (SSSR count). The number of amides is 1. The maximum atomic E-state index is 13.5. The molecule has 0 bridgehead atoms. The van der Waals surface area contributed by atoms with Crippen molar-refractivity contribution < 1.29 is 9.18 Å². The summed E-state index contributed by atoms with van der Waals surface area (Å²) in [6.45, 7) is 0.346. The van der Waals surface area contributed by atoms with E-state index in [9.17, 15) is 9.18 Å². The monoisotopic (exact) mass is 317 g/mol. The molecule has 23 heavy (non-hydrogen) atoms. The second-order valence-electron chi connectivity index (χ2n) is 5.56. The van der Waals surface area contributed by atoms with E-state index < -0.39 is 6.04 Å². The van der Waals surface area contributed by atoms with Crippen LogP contribution in [0.2, 0.25) is 0 Å². The molecule has 0 aliphatic heterocycles. The van der Waals surface area contributed by atoms with Gasteiger partial charge in [0.15, 0.2) is 0 Å². The zero-order valence-corrected chi connectivity index (χ0v) is 13.4. The van der Waals surface area contributed by atoms with Crippen molar-refractivity contribution in [2.75, 3.05) is 26.9 Å². The van der Waals surface area contributed by atoms with Crippen LogP contribution < -0.4 is 5.73 Å². The first-order valence-electron chi connectivity index (χ1n) is 7.11. The second-order valence-corrected chi connectivity index (χ2v) is 5.56. The number of hydrogen-bond acceptors (Lipinski definition) is 5. The Kier molecular flexibility index (Phi) is 5.23. The average Bonchev–Trinajstić information content (AvgIpc) is 2.49. The van der Waals surface area contributed by atoms with E-state index in [4.69, 9.17) is 5.73 Å². The van der Waals surface area contributed by atoms with Gasteiger partial charge in [0, 0.05) is 31.5 Å². The van der Waals surface area contributed by atoms with Crippen molar-refractivity contribution in [2.24, 2.45) is 0 Å². The van der Waals surface area contributed by atoms with Gasteiger partial charge in [0.05, 0.1) is 0 Å². The van der Waals surface area contributed by atoms with Gasteiger partial charge in [-0.25, -0.2) is 14.4 Å². The Morgan fingerprint density at radius 1 is 1.26 bits per heavy atom. The summed E-state index contributed by atoms with van der Waals surface area (Å²) in [5, 5.41) is 0. The summed E-state index contributed by atoms with van der Waals surface area (Å²) < 4.78 is 13.5. The van der Waals surface area contributed by atoms with Crippen LogP contribution >= 0.6 is 0 Å². The predicted molar refractivity (Wildman–Crippen MR) is 85.7 cm³/mol. The number of carbonyl (C=O) groups is 1. The minimum absolute atomic E-state index is 0.141. The molecule has 0 unspecified atom stereocenters. The molecule has 1 atom stereocenters. The molecular formula is C16H20FN5O. The standard InChI is InChI=1S/C16H20FN5O/c1-21(2)14(12-5-4-6-13(17)7-12)15(23)22(3)10-11-8-19-16(18)20-9-11/h4-9,14H,10H2,1-3H3,(H2,18,19,20)/t14-/m1/s1. The van der Waals surface area contributed by atoms with Crippen LogP contribution in [0, 0.1) is 5.82 Å².